The maximum atomic E-state index is 10.7. The first kappa shape index (κ1) is 9.51. The van der Waals surface area contributed by atoms with Crippen molar-refractivity contribution in [2.75, 3.05) is 14.2 Å². The van der Waals surface area contributed by atoms with Crippen LogP contribution in [0.1, 0.15) is 10.5 Å². The molecule has 0 spiro atoms. The lowest BCUT2D eigenvalue weighted by Crippen LogP contribution is -1.90. The summed E-state index contributed by atoms with van der Waals surface area (Å²) in [5.41, 5.74) is 1.11. The van der Waals surface area contributed by atoms with Crippen molar-refractivity contribution in [2.45, 2.75) is 0 Å². The molecule has 0 bridgehead atoms. The summed E-state index contributed by atoms with van der Waals surface area (Å²) in [6, 6.07) is 3.44. The van der Waals surface area contributed by atoms with Gasteiger partial charge in [0, 0.05) is 11.5 Å². The van der Waals surface area contributed by atoms with Crippen LogP contribution in [0.4, 0.5) is 0 Å². The molecule has 0 amide bonds. The first-order chi connectivity index (χ1) is 7.30. The lowest BCUT2D eigenvalue weighted by Gasteiger charge is -2.06. The highest BCUT2D eigenvalue weighted by atomic mass is 16.5. The molecule has 0 radical (unpaired) electrons. The molecule has 1 aromatic heterocycles. The van der Waals surface area contributed by atoms with Gasteiger partial charge in [-0.25, -0.2) is 0 Å². The number of aldehydes is 1. The first-order valence-electron chi connectivity index (χ1n) is 4.35. The van der Waals surface area contributed by atoms with Crippen molar-refractivity contribution in [3.8, 4) is 11.5 Å². The predicted octanol–water partition coefficient (Wildman–Crippen LogP) is 1.39. The number of carbonyl (C=O) groups is 1. The van der Waals surface area contributed by atoms with E-state index >= 15 is 0 Å². The Balaban J connectivity index is 2.72. The first-order valence-corrected chi connectivity index (χ1v) is 4.35. The number of fused-ring (bicyclic) bond motifs is 1. The van der Waals surface area contributed by atoms with Gasteiger partial charge in [-0.1, -0.05) is 0 Å². The maximum Gasteiger partial charge on any atom is 0.168 e. The number of ether oxygens (including phenoxy) is 2. The summed E-state index contributed by atoms with van der Waals surface area (Å²) >= 11 is 0. The number of benzene rings is 1. The number of carbonyl (C=O) groups excluding carboxylic acids is 1. The van der Waals surface area contributed by atoms with Crippen LogP contribution in [0.15, 0.2) is 12.1 Å². The summed E-state index contributed by atoms with van der Waals surface area (Å²) in [5, 5.41) is 7.34. The fraction of sp³-hybridized carbons (Fsp3) is 0.200. The summed E-state index contributed by atoms with van der Waals surface area (Å²) in [4.78, 5) is 10.7. The monoisotopic (exact) mass is 206 g/mol. The van der Waals surface area contributed by atoms with E-state index in [1.54, 1.807) is 26.4 Å². The van der Waals surface area contributed by atoms with Crippen LogP contribution in [0.3, 0.4) is 0 Å². The molecular formula is C10H10N2O3. The van der Waals surface area contributed by atoms with Gasteiger partial charge < -0.3 is 9.47 Å². The zero-order chi connectivity index (χ0) is 10.8. The van der Waals surface area contributed by atoms with Crippen LogP contribution in [0.5, 0.6) is 11.5 Å². The van der Waals surface area contributed by atoms with Gasteiger partial charge in [-0.3, -0.25) is 9.89 Å². The number of rotatable bonds is 3. The predicted molar refractivity (Wildman–Crippen MR) is 54.6 cm³/mol. The molecule has 2 aromatic rings. The smallest absolute Gasteiger partial charge is 0.168 e. The van der Waals surface area contributed by atoms with E-state index in [4.69, 9.17) is 9.47 Å². The third-order valence-corrected chi connectivity index (χ3v) is 2.21. The van der Waals surface area contributed by atoms with E-state index in [0.717, 1.165) is 11.7 Å². The van der Waals surface area contributed by atoms with Gasteiger partial charge in [-0.15, -0.1) is 0 Å². The van der Waals surface area contributed by atoms with Gasteiger partial charge in [0.1, 0.15) is 5.69 Å². The van der Waals surface area contributed by atoms with Crippen LogP contribution < -0.4 is 9.47 Å². The number of methoxy groups -OCH3 is 2. The lowest BCUT2D eigenvalue weighted by atomic mass is 10.2. The van der Waals surface area contributed by atoms with Crippen molar-refractivity contribution in [1.29, 1.82) is 0 Å². The number of aromatic nitrogens is 2. The van der Waals surface area contributed by atoms with Crippen LogP contribution in [-0.4, -0.2) is 30.7 Å². The summed E-state index contributed by atoms with van der Waals surface area (Å²) in [7, 11) is 3.10. The second-order valence-electron chi connectivity index (χ2n) is 2.98. The van der Waals surface area contributed by atoms with E-state index in [0.29, 0.717) is 22.7 Å². The summed E-state index contributed by atoms with van der Waals surface area (Å²) in [6.45, 7) is 0. The zero-order valence-electron chi connectivity index (χ0n) is 8.40. The minimum atomic E-state index is 0.436. The van der Waals surface area contributed by atoms with Crippen molar-refractivity contribution in [3.63, 3.8) is 0 Å². The molecule has 0 fully saturated rings. The molecule has 0 aliphatic rings. The fourth-order valence-corrected chi connectivity index (χ4v) is 1.45. The number of aromatic amines is 1. The molecule has 0 aliphatic carbocycles. The molecule has 5 heteroatoms. The molecule has 0 aliphatic heterocycles. The van der Waals surface area contributed by atoms with Crippen molar-refractivity contribution >= 4 is 17.2 Å². The van der Waals surface area contributed by atoms with Gasteiger partial charge in [-0.05, 0) is 6.07 Å². The van der Waals surface area contributed by atoms with E-state index < -0.39 is 0 Å². The lowest BCUT2D eigenvalue weighted by molar-refractivity contribution is 0.112. The topological polar surface area (TPSA) is 64.2 Å². The molecular weight excluding hydrogens is 196 g/mol. The molecule has 5 nitrogen and oxygen atoms in total. The quantitative estimate of drug-likeness (QED) is 0.771. The molecule has 0 atom stereocenters. The molecule has 1 aromatic carbocycles. The van der Waals surface area contributed by atoms with E-state index in [9.17, 15) is 4.79 Å². The molecule has 0 saturated carbocycles. The van der Waals surface area contributed by atoms with Gasteiger partial charge in [-0.2, -0.15) is 5.10 Å². The van der Waals surface area contributed by atoms with E-state index in [1.807, 2.05) is 0 Å². The number of H-pyrrole nitrogens is 1. The molecule has 15 heavy (non-hydrogen) atoms. The minimum absolute atomic E-state index is 0.436. The number of nitrogens with one attached hydrogen (secondary N) is 1. The Hall–Kier alpha value is -2.04. The largest absolute Gasteiger partial charge is 0.493 e. The average molecular weight is 206 g/mol. The molecule has 0 unspecified atom stereocenters. The highest BCUT2D eigenvalue weighted by Crippen LogP contribution is 2.31. The Morgan fingerprint density at radius 2 is 1.93 bits per heavy atom. The molecule has 2 rings (SSSR count). The highest BCUT2D eigenvalue weighted by Gasteiger charge is 2.10. The van der Waals surface area contributed by atoms with Crippen LogP contribution in [-0.2, 0) is 0 Å². The number of nitrogens with zero attached hydrogens (tertiary/aromatic N) is 1. The third kappa shape index (κ3) is 1.41. The van der Waals surface area contributed by atoms with Crippen LogP contribution in [0.2, 0.25) is 0 Å². The Labute approximate surface area is 86.0 Å². The van der Waals surface area contributed by atoms with Crippen molar-refractivity contribution in [3.05, 3.63) is 17.8 Å². The standard InChI is InChI=1S/C10H10N2O3/c1-14-9-3-6-7(4-10(9)15-2)11-12-8(6)5-13/h3-5H,1-2H3,(H,11,12). The van der Waals surface area contributed by atoms with Crippen LogP contribution >= 0.6 is 0 Å². The maximum absolute atomic E-state index is 10.7. The second-order valence-corrected chi connectivity index (χ2v) is 2.98. The Bertz CT molecular complexity index is 505. The second kappa shape index (κ2) is 3.61. The molecule has 78 valence electrons. The van der Waals surface area contributed by atoms with Gasteiger partial charge in [0.05, 0.1) is 19.7 Å². The van der Waals surface area contributed by atoms with Gasteiger partial charge in [0.25, 0.3) is 0 Å². The fourth-order valence-electron chi connectivity index (χ4n) is 1.45. The molecule has 1 N–H and O–H groups in total. The summed E-state index contributed by atoms with van der Waals surface area (Å²) in [5.74, 6) is 1.17. The number of hydrogen-bond donors (Lipinski definition) is 1. The minimum Gasteiger partial charge on any atom is -0.493 e. The highest BCUT2D eigenvalue weighted by molar-refractivity contribution is 5.96. The Morgan fingerprint density at radius 1 is 1.27 bits per heavy atom. The van der Waals surface area contributed by atoms with Crippen LogP contribution in [0.25, 0.3) is 10.9 Å². The number of hydrogen-bond acceptors (Lipinski definition) is 4. The Morgan fingerprint density at radius 3 is 2.53 bits per heavy atom. The van der Waals surface area contributed by atoms with Gasteiger partial charge in [0.15, 0.2) is 17.8 Å². The van der Waals surface area contributed by atoms with Crippen molar-refractivity contribution in [2.24, 2.45) is 0 Å². The van der Waals surface area contributed by atoms with Crippen molar-refractivity contribution in [1.82, 2.24) is 10.2 Å². The summed E-state index contributed by atoms with van der Waals surface area (Å²) in [6.07, 6.45) is 0.723. The SMILES string of the molecule is COc1cc2n[nH]c(C=O)c2cc1OC. The van der Waals surface area contributed by atoms with E-state index in [-0.39, 0.29) is 0 Å². The average Bonchev–Trinajstić information content (AvgIpc) is 2.68. The third-order valence-electron chi connectivity index (χ3n) is 2.21. The van der Waals surface area contributed by atoms with Gasteiger partial charge in [0.2, 0.25) is 0 Å². The molecule has 0 saturated heterocycles. The summed E-state index contributed by atoms with van der Waals surface area (Å²) < 4.78 is 10.3. The van der Waals surface area contributed by atoms with Gasteiger partial charge >= 0.3 is 0 Å². The van der Waals surface area contributed by atoms with E-state index in [2.05, 4.69) is 10.2 Å². The van der Waals surface area contributed by atoms with E-state index in [1.165, 1.54) is 0 Å². The molecule has 1 heterocycles. The van der Waals surface area contributed by atoms with Crippen LogP contribution in [0, 0.1) is 0 Å². The Kier molecular flexibility index (Phi) is 2.29. The van der Waals surface area contributed by atoms with Crippen molar-refractivity contribution < 1.29 is 14.3 Å². The normalized spacial score (nSPS) is 10.3. The zero-order valence-corrected chi connectivity index (χ0v) is 8.40.